The van der Waals surface area contributed by atoms with Gasteiger partial charge < -0.3 is 15.0 Å². The maximum absolute atomic E-state index is 13.2. The van der Waals surface area contributed by atoms with Gasteiger partial charge in [0, 0.05) is 32.4 Å². The number of carboxylic acid groups (broad SMARTS) is 1. The first-order valence-electron chi connectivity index (χ1n) is 12.3. The number of fused-ring (bicyclic) bond motifs is 1. The van der Waals surface area contributed by atoms with Crippen molar-refractivity contribution in [1.29, 1.82) is 0 Å². The fourth-order valence-electron chi connectivity index (χ4n) is 5.67. The second kappa shape index (κ2) is 9.81. The number of aromatic nitrogens is 3. The quantitative estimate of drug-likeness (QED) is 0.580. The molecule has 2 aliphatic rings. The van der Waals surface area contributed by atoms with Crippen LogP contribution in [0.25, 0.3) is 11.0 Å². The van der Waals surface area contributed by atoms with E-state index in [4.69, 9.17) is 0 Å². The van der Waals surface area contributed by atoms with E-state index in [1.165, 1.54) is 0 Å². The van der Waals surface area contributed by atoms with Crippen LogP contribution in [0.1, 0.15) is 58.8 Å². The number of anilines is 1. The van der Waals surface area contributed by atoms with Crippen LogP contribution in [-0.4, -0.2) is 70.7 Å². The molecule has 1 saturated carbocycles. The van der Waals surface area contributed by atoms with E-state index in [1.54, 1.807) is 24.5 Å². The van der Waals surface area contributed by atoms with Gasteiger partial charge in [0.15, 0.2) is 0 Å². The minimum atomic E-state index is -3.36. The summed E-state index contributed by atoms with van der Waals surface area (Å²) in [6.07, 6.45) is 9.24. The predicted octanol–water partition coefficient (Wildman–Crippen LogP) is 3.50. The van der Waals surface area contributed by atoms with Crippen molar-refractivity contribution in [2.75, 3.05) is 30.8 Å². The molecule has 0 spiro atoms. The maximum atomic E-state index is 13.2. The number of piperidine rings is 1. The molecular formula is C24H37N5O4S. The molecular weight excluding hydrogens is 454 g/mol. The molecule has 2 aromatic rings. The first kappa shape index (κ1) is 24.9. The molecule has 0 bridgehead atoms. The van der Waals surface area contributed by atoms with Crippen molar-refractivity contribution in [2.45, 2.75) is 64.8 Å². The van der Waals surface area contributed by atoms with Crippen LogP contribution in [0, 0.1) is 17.3 Å². The van der Waals surface area contributed by atoms with E-state index in [0.29, 0.717) is 25.6 Å². The third kappa shape index (κ3) is 5.38. The second-order valence-corrected chi connectivity index (χ2v) is 12.8. The van der Waals surface area contributed by atoms with Crippen molar-refractivity contribution in [3.8, 4) is 0 Å². The van der Waals surface area contributed by atoms with Gasteiger partial charge in [-0.05, 0) is 76.7 Å². The number of rotatable bonds is 8. The summed E-state index contributed by atoms with van der Waals surface area (Å²) in [6.45, 7) is 4.43. The summed E-state index contributed by atoms with van der Waals surface area (Å²) < 4.78 is 28.1. The number of hydrogen-bond acceptors (Lipinski definition) is 6. The fourth-order valence-corrected chi connectivity index (χ4v) is 7.66. The van der Waals surface area contributed by atoms with E-state index in [2.05, 4.69) is 26.9 Å². The number of H-pyrrole nitrogens is 1. The normalized spacial score (nSPS) is 24.9. The summed E-state index contributed by atoms with van der Waals surface area (Å²) in [5, 5.41) is 10.4. The molecule has 2 N–H and O–H groups in total. The molecule has 0 aromatic carbocycles. The third-order valence-electron chi connectivity index (χ3n) is 7.73. The Morgan fingerprint density at radius 3 is 2.65 bits per heavy atom. The lowest BCUT2D eigenvalue weighted by Gasteiger charge is -2.37. The van der Waals surface area contributed by atoms with Crippen LogP contribution < -0.4 is 4.90 Å². The average molecular weight is 492 g/mol. The summed E-state index contributed by atoms with van der Waals surface area (Å²) in [4.78, 5) is 25.6. The number of hydrogen-bond donors (Lipinski definition) is 2. The van der Waals surface area contributed by atoms with Crippen LogP contribution >= 0.6 is 0 Å². The van der Waals surface area contributed by atoms with Crippen LogP contribution in [-0.2, 0) is 14.8 Å². The Labute approximate surface area is 202 Å². The topological polar surface area (TPSA) is 119 Å². The zero-order chi connectivity index (χ0) is 24.5. The van der Waals surface area contributed by atoms with Crippen molar-refractivity contribution >= 4 is 32.8 Å². The molecule has 1 aliphatic carbocycles. The molecule has 0 amide bonds. The van der Waals surface area contributed by atoms with Gasteiger partial charge in [0.1, 0.15) is 17.8 Å². The zero-order valence-corrected chi connectivity index (χ0v) is 21.2. The minimum absolute atomic E-state index is 0.0946. The molecule has 3 heterocycles. The lowest BCUT2D eigenvalue weighted by atomic mass is 9.80. The highest BCUT2D eigenvalue weighted by atomic mass is 32.2. The van der Waals surface area contributed by atoms with Crippen molar-refractivity contribution in [1.82, 2.24) is 19.3 Å². The number of nitrogens with one attached hydrogen (secondary N) is 1. The van der Waals surface area contributed by atoms with Crippen LogP contribution in [0.15, 0.2) is 18.6 Å². The van der Waals surface area contributed by atoms with E-state index in [9.17, 15) is 18.3 Å². The molecule has 1 atom stereocenters. The molecule has 2 aromatic heterocycles. The maximum Gasteiger partial charge on any atom is 0.309 e. The fraction of sp³-hybridized carbons (Fsp3) is 0.708. The van der Waals surface area contributed by atoms with Gasteiger partial charge in [-0.3, -0.25) is 4.79 Å². The van der Waals surface area contributed by atoms with Crippen LogP contribution in [0.4, 0.5) is 5.82 Å². The Kier molecular flexibility index (Phi) is 7.19. The summed E-state index contributed by atoms with van der Waals surface area (Å²) in [5.74, 6) is 0.522. The average Bonchev–Trinajstić information content (AvgIpc) is 3.28. The van der Waals surface area contributed by atoms with Crippen LogP contribution in [0.5, 0.6) is 0 Å². The molecule has 0 radical (unpaired) electrons. The van der Waals surface area contributed by atoms with E-state index in [1.807, 2.05) is 12.3 Å². The van der Waals surface area contributed by atoms with Gasteiger partial charge in [-0.2, -0.15) is 0 Å². The van der Waals surface area contributed by atoms with Gasteiger partial charge in [-0.1, -0.05) is 0 Å². The van der Waals surface area contributed by atoms with E-state index in [0.717, 1.165) is 55.4 Å². The molecule has 4 rings (SSSR count). The monoisotopic (exact) mass is 491 g/mol. The smallest absolute Gasteiger partial charge is 0.309 e. The highest BCUT2D eigenvalue weighted by molar-refractivity contribution is 7.89. The molecule has 34 heavy (non-hydrogen) atoms. The Bertz CT molecular complexity index is 1110. The van der Waals surface area contributed by atoms with Crippen LogP contribution in [0.3, 0.4) is 0 Å². The summed E-state index contributed by atoms with van der Waals surface area (Å²) >= 11 is 0. The lowest BCUT2D eigenvalue weighted by molar-refractivity contribution is -0.148. The van der Waals surface area contributed by atoms with Crippen molar-refractivity contribution in [3.63, 3.8) is 0 Å². The van der Waals surface area contributed by atoms with Crippen molar-refractivity contribution < 1.29 is 18.3 Å². The lowest BCUT2D eigenvalue weighted by Crippen LogP contribution is -2.44. The zero-order valence-electron chi connectivity index (χ0n) is 20.4. The number of nitrogens with zero attached hydrogens (tertiary/aromatic N) is 4. The highest BCUT2D eigenvalue weighted by Crippen LogP contribution is 2.35. The van der Waals surface area contributed by atoms with Gasteiger partial charge in [0.05, 0.1) is 16.6 Å². The largest absolute Gasteiger partial charge is 0.481 e. The first-order chi connectivity index (χ1) is 16.1. The number of aromatic amines is 1. The second-order valence-electron chi connectivity index (χ2n) is 10.8. The highest BCUT2D eigenvalue weighted by Gasteiger charge is 2.37. The molecule has 1 aliphatic heterocycles. The van der Waals surface area contributed by atoms with Gasteiger partial charge >= 0.3 is 5.97 Å². The Morgan fingerprint density at radius 1 is 1.21 bits per heavy atom. The van der Waals surface area contributed by atoms with Gasteiger partial charge in [0.25, 0.3) is 0 Å². The van der Waals surface area contributed by atoms with Gasteiger partial charge in [-0.15, -0.1) is 0 Å². The SMILES string of the molecule is CN(c1ncnc2[nH]ccc12)C1CCC(CS(=O)(=O)N2CCC[C@H](CC(C)(C)C(=O)O)C2)CC1. The third-order valence-corrected chi connectivity index (χ3v) is 9.74. The Hall–Kier alpha value is -2.20. The van der Waals surface area contributed by atoms with Crippen LogP contribution in [0.2, 0.25) is 0 Å². The minimum Gasteiger partial charge on any atom is -0.481 e. The number of aliphatic carboxylic acids is 1. The molecule has 10 heteroatoms. The van der Waals surface area contributed by atoms with Crippen molar-refractivity contribution in [3.05, 3.63) is 18.6 Å². The van der Waals surface area contributed by atoms with Gasteiger partial charge in [0.2, 0.25) is 10.0 Å². The van der Waals surface area contributed by atoms with E-state index in [-0.39, 0.29) is 17.6 Å². The number of carboxylic acids is 1. The van der Waals surface area contributed by atoms with Crippen molar-refractivity contribution in [2.24, 2.45) is 17.3 Å². The molecule has 2 fully saturated rings. The Balaban J connectivity index is 1.32. The molecule has 9 nitrogen and oxygen atoms in total. The summed E-state index contributed by atoms with van der Waals surface area (Å²) in [7, 11) is -1.30. The molecule has 0 unspecified atom stereocenters. The number of carbonyl (C=O) groups is 1. The number of sulfonamides is 1. The van der Waals surface area contributed by atoms with E-state index < -0.39 is 21.4 Å². The van der Waals surface area contributed by atoms with Gasteiger partial charge in [-0.25, -0.2) is 22.7 Å². The summed E-state index contributed by atoms with van der Waals surface area (Å²) in [5.41, 5.74) is -0.0134. The summed E-state index contributed by atoms with van der Waals surface area (Å²) in [6, 6.07) is 2.31. The predicted molar refractivity (Wildman–Crippen MR) is 132 cm³/mol. The first-order valence-corrected chi connectivity index (χ1v) is 13.9. The standard InChI is InChI=1S/C24H37N5O4S/c1-24(2,23(30)31)13-18-5-4-12-29(14-18)34(32,33)15-17-6-8-19(9-7-17)28(3)22-20-10-11-25-21(20)26-16-27-22/h10-11,16-19H,4-9,12-15H2,1-3H3,(H,30,31)(H,25,26,27)/t17?,18-,19?/m1/s1. The Morgan fingerprint density at radius 2 is 1.94 bits per heavy atom. The molecule has 188 valence electrons. The molecule has 1 saturated heterocycles. The van der Waals surface area contributed by atoms with E-state index >= 15 is 0 Å².